The van der Waals surface area contributed by atoms with Gasteiger partial charge in [0.05, 0.1) is 27.7 Å². The number of hydrogen-bond acceptors (Lipinski definition) is 4. The van der Waals surface area contributed by atoms with Crippen LogP contribution < -0.4 is 14.4 Å². The first-order valence-corrected chi connectivity index (χ1v) is 11.4. The van der Waals surface area contributed by atoms with Crippen LogP contribution in [-0.4, -0.2) is 28.0 Å². The molecule has 31 heavy (non-hydrogen) atoms. The number of benzene rings is 3. The van der Waals surface area contributed by atoms with Gasteiger partial charge in [0.1, 0.15) is 12.3 Å². The van der Waals surface area contributed by atoms with Gasteiger partial charge in [-0.2, -0.15) is 0 Å². The Balaban J connectivity index is 1.86. The zero-order chi connectivity index (χ0) is 22.4. The van der Waals surface area contributed by atoms with E-state index in [1.807, 2.05) is 12.1 Å². The predicted molar refractivity (Wildman–Crippen MR) is 122 cm³/mol. The van der Waals surface area contributed by atoms with Crippen LogP contribution in [0.2, 0.25) is 10.0 Å². The molecule has 0 saturated carbocycles. The van der Waals surface area contributed by atoms with Crippen molar-refractivity contribution in [3.8, 4) is 5.75 Å². The Morgan fingerprint density at radius 3 is 2.29 bits per heavy atom. The second kappa shape index (κ2) is 10.0. The molecule has 0 bridgehead atoms. The SMILES string of the molecule is COc1ccc(CNC(=O)CN(c2cccc(Cl)c2Cl)S(=O)(=O)c2ccccc2)cc1. The van der Waals surface area contributed by atoms with Gasteiger partial charge in [-0.25, -0.2) is 8.42 Å². The van der Waals surface area contributed by atoms with E-state index in [-0.39, 0.29) is 27.2 Å². The molecule has 0 atom stereocenters. The summed E-state index contributed by atoms with van der Waals surface area (Å²) in [4.78, 5) is 12.7. The molecule has 0 aliphatic heterocycles. The van der Waals surface area contributed by atoms with Gasteiger partial charge in [-0.15, -0.1) is 0 Å². The van der Waals surface area contributed by atoms with Crippen molar-refractivity contribution in [2.75, 3.05) is 18.0 Å². The van der Waals surface area contributed by atoms with Crippen molar-refractivity contribution in [1.29, 1.82) is 0 Å². The van der Waals surface area contributed by atoms with E-state index < -0.39 is 22.5 Å². The number of methoxy groups -OCH3 is 1. The van der Waals surface area contributed by atoms with Crippen molar-refractivity contribution in [3.05, 3.63) is 88.4 Å². The molecule has 9 heteroatoms. The van der Waals surface area contributed by atoms with Crippen molar-refractivity contribution >= 4 is 44.8 Å². The van der Waals surface area contributed by atoms with Gasteiger partial charge in [0, 0.05) is 6.54 Å². The summed E-state index contributed by atoms with van der Waals surface area (Å²) >= 11 is 12.4. The quantitative estimate of drug-likeness (QED) is 0.516. The van der Waals surface area contributed by atoms with Crippen molar-refractivity contribution in [3.63, 3.8) is 0 Å². The maximum absolute atomic E-state index is 13.3. The third kappa shape index (κ3) is 5.50. The topological polar surface area (TPSA) is 75.7 Å². The van der Waals surface area contributed by atoms with Crippen LogP contribution >= 0.6 is 23.2 Å². The summed E-state index contributed by atoms with van der Waals surface area (Å²) in [5.41, 5.74) is 0.963. The monoisotopic (exact) mass is 478 g/mol. The number of carbonyl (C=O) groups excluding carboxylic acids is 1. The highest BCUT2D eigenvalue weighted by molar-refractivity contribution is 7.92. The molecule has 162 valence electrons. The fourth-order valence-corrected chi connectivity index (χ4v) is 4.74. The number of carbonyl (C=O) groups is 1. The summed E-state index contributed by atoms with van der Waals surface area (Å²) in [5, 5.41) is 2.97. The lowest BCUT2D eigenvalue weighted by molar-refractivity contribution is -0.119. The third-order valence-electron chi connectivity index (χ3n) is 4.47. The Hall–Kier alpha value is -2.74. The van der Waals surface area contributed by atoms with Crippen molar-refractivity contribution < 1.29 is 17.9 Å². The lowest BCUT2D eigenvalue weighted by atomic mass is 10.2. The molecule has 0 saturated heterocycles. The molecule has 0 aliphatic rings. The maximum atomic E-state index is 13.3. The van der Waals surface area contributed by atoms with Crippen LogP contribution in [0.15, 0.2) is 77.7 Å². The number of nitrogens with zero attached hydrogens (tertiary/aromatic N) is 1. The van der Waals surface area contributed by atoms with Crippen molar-refractivity contribution in [2.24, 2.45) is 0 Å². The van der Waals surface area contributed by atoms with Gasteiger partial charge in [0.25, 0.3) is 10.0 Å². The summed E-state index contributed by atoms with van der Waals surface area (Å²) in [6, 6.07) is 19.6. The highest BCUT2D eigenvalue weighted by Crippen LogP contribution is 2.35. The molecule has 0 fully saturated rings. The minimum absolute atomic E-state index is 0.0361. The Morgan fingerprint density at radius 1 is 0.968 bits per heavy atom. The van der Waals surface area contributed by atoms with Crippen LogP contribution in [0.25, 0.3) is 0 Å². The van der Waals surface area contributed by atoms with Gasteiger partial charge in [0.2, 0.25) is 5.91 Å². The van der Waals surface area contributed by atoms with Gasteiger partial charge < -0.3 is 10.1 Å². The minimum Gasteiger partial charge on any atom is -0.497 e. The van der Waals surface area contributed by atoms with E-state index in [1.54, 1.807) is 49.6 Å². The molecule has 0 heterocycles. The summed E-state index contributed by atoms with van der Waals surface area (Å²) in [7, 11) is -2.50. The molecular formula is C22H20Cl2N2O4S. The first kappa shape index (κ1) is 22.9. The Labute approximate surface area is 191 Å². The van der Waals surface area contributed by atoms with Crippen LogP contribution in [0.4, 0.5) is 5.69 Å². The highest BCUT2D eigenvalue weighted by Gasteiger charge is 2.29. The van der Waals surface area contributed by atoms with Gasteiger partial charge in [-0.1, -0.05) is 59.6 Å². The molecule has 0 spiro atoms. The number of amides is 1. The molecule has 3 rings (SSSR count). The summed E-state index contributed by atoms with van der Waals surface area (Å²) in [6.07, 6.45) is 0. The summed E-state index contributed by atoms with van der Waals surface area (Å²) in [6.45, 7) is -0.237. The largest absolute Gasteiger partial charge is 0.497 e. The van der Waals surface area contributed by atoms with E-state index in [1.165, 1.54) is 18.2 Å². The number of halogens is 2. The first-order valence-electron chi connectivity index (χ1n) is 9.24. The van der Waals surface area contributed by atoms with E-state index in [0.717, 1.165) is 9.87 Å². The number of hydrogen-bond donors (Lipinski definition) is 1. The van der Waals surface area contributed by atoms with E-state index in [0.29, 0.717) is 5.75 Å². The Kier molecular flexibility index (Phi) is 7.43. The van der Waals surface area contributed by atoms with E-state index in [2.05, 4.69) is 5.32 Å². The fourth-order valence-electron chi connectivity index (χ4n) is 2.83. The minimum atomic E-state index is -4.07. The lowest BCUT2D eigenvalue weighted by Crippen LogP contribution is -2.40. The maximum Gasteiger partial charge on any atom is 0.264 e. The summed E-state index contributed by atoms with van der Waals surface area (Å²) in [5.74, 6) is 0.206. The van der Waals surface area contributed by atoms with Gasteiger partial charge in [-0.3, -0.25) is 9.10 Å². The highest BCUT2D eigenvalue weighted by atomic mass is 35.5. The standard InChI is InChI=1S/C22H20Cl2N2O4S/c1-30-17-12-10-16(11-13-17)14-25-21(27)15-26(20-9-5-8-19(23)22(20)24)31(28,29)18-6-3-2-4-7-18/h2-13H,14-15H2,1H3,(H,25,27). The molecule has 3 aromatic carbocycles. The molecule has 0 radical (unpaired) electrons. The van der Waals surface area contributed by atoms with Gasteiger partial charge in [-0.05, 0) is 42.0 Å². The predicted octanol–water partition coefficient (Wildman–Crippen LogP) is 4.51. The molecule has 1 amide bonds. The average Bonchev–Trinajstić information content (AvgIpc) is 2.79. The number of rotatable bonds is 8. The van der Waals surface area contributed by atoms with E-state index in [9.17, 15) is 13.2 Å². The van der Waals surface area contributed by atoms with E-state index in [4.69, 9.17) is 27.9 Å². The van der Waals surface area contributed by atoms with Crippen LogP contribution in [0.3, 0.4) is 0 Å². The van der Waals surface area contributed by atoms with Crippen molar-refractivity contribution in [2.45, 2.75) is 11.4 Å². The third-order valence-corrected chi connectivity index (χ3v) is 7.05. The zero-order valence-corrected chi connectivity index (χ0v) is 18.9. The van der Waals surface area contributed by atoms with Crippen LogP contribution in [0.1, 0.15) is 5.56 Å². The number of ether oxygens (including phenoxy) is 1. The second-order valence-corrected chi connectivity index (χ2v) is 9.17. The van der Waals surface area contributed by atoms with E-state index >= 15 is 0 Å². The molecule has 6 nitrogen and oxygen atoms in total. The van der Waals surface area contributed by atoms with Crippen LogP contribution in [0.5, 0.6) is 5.75 Å². The molecule has 3 aromatic rings. The zero-order valence-electron chi connectivity index (χ0n) is 16.6. The molecule has 1 N–H and O–H groups in total. The number of nitrogens with one attached hydrogen (secondary N) is 1. The van der Waals surface area contributed by atoms with Gasteiger partial charge >= 0.3 is 0 Å². The first-order chi connectivity index (χ1) is 14.8. The number of sulfonamides is 1. The normalized spacial score (nSPS) is 11.1. The van der Waals surface area contributed by atoms with Crippen LogP contribution in [0, 0.1) is 0 Å². The van der Waals surface area contributed by atoms with Crippen molar-refractivity contribution in [1.82, 2.24) is 5.32 Å². The summed E-state index contributed by atoms with van der Waals surface area (Å²) < 4.78 is 32.7. The molecule has 0 aromatic heterocycles. The molecular weight excluding hydrogens is 459 g/mol. The molecule has 0 unspecified atom stereocenters. The average molecular weight is 479 g/mol. The molecule has 0 aliphatic carbocycles. The smallest absolute Gasteiger partial charge is 0.264 e. The Morgan fingerprint density at radius 2 is 1.65 bits per heavy atom. The fraction of sp³-hybridized carbons (Fsp3) is 0.136. The van der Waals surface area contributed by atoms with Crippen LogP contribution in [-0.2, 0) is 21.4 Å². The Bertz CT molecular complexity index is 1150. The van der Waals surface area contributed by atoms with Gasteiger partial charge in [0.15, 0.2) is 0 Å². The second-order valence-electron chi connectivity index (χ2n) is 6.52. The number of anilines is 1. The lowest BCUT2D eigenvalue weighted by Gasteiger charge is -2.25.